The van der Waals surface area contributed by atoms with Gasteiger partial charge in [-0.2, -0.15) is 0 Å². The van der Waals surface area contributed by atoms with E-state index in [1.807, 2.05) is 20.8 Å². The lowest BCUT2D eigenvalue weighted by Crippen LogP contribution is -2.48. The number of morpholine rings is 1. The normalized spacial score (nSPS) is 20.3. The summed E-state index contributed by atoms with van der Waals surface area (Å²) in [6.07, 6.45) is 0.336. The van der Waals surface area contributed by atoms with Gasteiger partial charge in [0.05, 0.1) is 19.8 Å². The van der Waals surface area contributed by atoms with Gasteiger partial charge in [0.1, 0.15) is 0 Å². The summed E-state index contributed by atoms with van der Waals surface area (Å²) in [7, 11) is 0. The molecule has 0 aliphatic carbocycles. The first-order chi connectivity index (χ1) is 8.37. The third kappa shape index (κ3) is 6.56. The number of nitrogens with one attached hydrogen (secondary N) is 3. The number of hydrogen-bond donors (Lipinski definition) is 3. The van der Waals surface area contributed by atoms with Gasteiger partial charge in [-0.15, -0.1) is 0 Å². The molecule has 18 heavy (non-hydrogen) atoms. The Morgan fingerprint density at radius 2 is 2.06 bits per heavy atom. The van der Waals surface area contributed by atoms with Crippen molar-refractivity contribution < 1.29 is 14.3 Å². The molecule has 2 amide bonds. The molecule has 0 aromatic carbocycles. The number of rotatable bonds is 4. The SMILES string of the molecule is CC(C)(C)NC(=O)CNC(=O)CC1COCCN1. The van der Waals surface area contributed by atoms with Crippen molar-refractivity contribution in [3.05, 3.63) is 0 Å². The Labute approximate surface area is 108 Å². The van der Waals surface area contributed by atoms with Gasteiger partial charge in [-0.3, -0.25) is 9.59 Å². The molecular weight excluding hydrogens is 234 g/mol. The van der Waals surface area contributed by atoms with E-state index in [2.05, 4.69) is 16.0 Å². The second kappa shape index (κ2) is 6.70. The third-order valence-corrected chi connectivity index (χ3v) is 2.39. The van der Waals surface area contributed by atoms with E-state index < -0.39 is 0 Å². The van der Waals surface area contributed by atoms with E-state index in [4.69, 9.17) is 4.74 Å². The van der Waals surface area contributed by atoms with Gasteiger partial charge in [0.25, 0.3) is 0 Å². The molecule has 6 heteroatoms. The van der Waals surface area contributed by atoms with Gasteiger partial charge >= 0.3 is 0 Å². The lowest BCUT2D eigenvalue weighted by molar-refractivity contribution is -0.127. The number of carbonyl (C=O) groups is 2. The summed E-state index contributed by atoms with van der Waals surface area (Å²) in [5.41, 5.74) is -0.277. The maximum Gasteiger partial charge on any atom is 0.239 e. The monoisotopic (exact) mass is 257 g/mol. The van der Waals surface area contributed by atoms with Crippen molar-refractivity contribution in [1.29, 1.82) is 0 Å². The highest BCUT2D eigenvalue weighted by molar-refractivity contribution is 5.85. The smallest absolute Gasteiger partial charge is 0.239 e. The van der Waals surface area contributed by atoms with E-state index in [0.29, 0.717) is 19.6 Å². The van der Waals surface area contributed by atoms with Crippen LogP contribution in [0.25, 0.3) is 0 Å². The molecule has 1 fully saturated rings. The van der Waals surface area contributed by atoms with Gasteiger partial charge in [0, 0.05) is 24.5 Å². The molecule has 1 atom stereocenters. The maximum atomic E-state index is 11.6. The van der Waals surface area contributed by atoms with Crippen molar-refractivity contribution in [1.82, 2.24) is 16.0 Å². The standard InChI is InChI=1S/C12H23N3O3/c1-12(2,3)15-11(17)7-14-10(16)6-9-8-18-5-4-13-9/h9,13H,4-8H2,1-3H3,(H,14,16)(H,15,17). The summed E-state index contributed by atoms with van der Waals surface area (Å²) in [4.78, 5) is 23.1. The van der Waals surface area contributed by atoms with Crippen LogP contribution in [-0.2, 0) is 14.3 Å². The zero-order valence-electron chi connectivity index (χ0n) is 11.3. The van der Waals surface area contributed by atoms with Gasteiger partial charge in [-0.05, 0) is 20.8 Å². The van der Waals surface area contributed by atoms with E-state index >= 15 is 0 Å². The van der Waals surface area contributed by atoms with Crippen molar-refractivity contribution in [3.8, 4) is 0 Å². The highest BCUT2D eigenvalue weighted by atomic mass is 16.5. The Kier molecular flexibility index (Phi) is 5.55. The van der Waals surface area contributed by atoms with E-state index in [-0.39, 0.29) is 29.9 Å². The Bertz CT molecular complexity index is 293. The van der Waals surface area contributed by atoms with E-state index in [1.54, 1.807) is 0 Å². The van der Waals surface area contributed by atoms with Crippen molar-refractivity contribution >= 4 is 11.8 Å². The summed E-state index contributed by atoms with van der Waals surface area (Å²) in [5, 5.41) is 8.58. The Balaban J connectivity index is 2.18. The fourth-order valence-corrected chi connectivity index (χ4v) is 1.69. The predicted molar refractivity (Wildman–Crippen MR) is 68.1 cm³/mol. The average Bonchev–Trinajstić information content (AvgIpc) is 2.25. The Morgan fingerprint density at radius 1 is 1.33 bits per heavy atom. The van der Waals surface area contributed by atoms with Crippen molar-refractivity contribution in [2.45, 2.75) is 38.8 Å². The van der Waals surface area contributed by atoms with Crippen molar-refractivity contribution in [3.63, 3.8) is 0 Å². The number of carbonyl (C=O) groups excluding carboxylic acids is 2. The molecule has 1 unspecified atom stereocenters. The fraction of sp³-hybridized carbons (Fsp3) is 0.833. The van der Waals surface area contributed by atoms with Crippen LogP contribution in [0.2, 0.25) is 0 Å². The zero-order valence-corrected chi connectivity index (χ0v) is 11.3. The molecule has 0 bridgehead atoms. The molecule has 0 spiro atoms. The first-order valence-electron chi connectivity index (χ1n) is 6.25. The molecule has 0 radical (unpaired) electrons. The fourth-order valence-electron chi connectivity index (χ4n) is 1.69. The van der Waals surface area contributed by atoms with E-state index in [0.717, 1.165) is 6.54 Å². The minimum absolute atomic E-state index is 0.0175. The lowest BCUT2D eigenvalue weighted by atomic mass is 10.1. The van der Waals surface area contributed by atoms with E-state index in [9.17, 15) is 9.59 Å². The topological polar surface area (TPSA) is 79.5 Å². The summed E-state index contributed by atoms with van der Waals surface area (Å²) in [6.45, 7) is 7.71. The molecule has 1 saturated heterocycles. The van der Waals surface area contributed by atoms with Crippen LogP contribution in [0.1, 0.15) is 27.2 Å². The lowest BCUT2D eigenvalue weighted by Gasteiger charge is -2.23. The first kappa shape index (κ1) is 14.9. The van der Waals surface area contributed by atoms with Crippen LogP contribution in [0.15, 0.2) is 0 Å². The van der Waals surface area contributed by atoms with Crippen LogP contribution in [0.5, 0.6) is 0 Å². The van der Waals surface area contributed by atoms with Gasteiger partial charge in [-0.1, -0.05) is 0 Å². The molecule has 1 heterocycles. The third-order valence-electron chi connectivity index (χ3n) is 2.39. The number of ether oxygens (including phenoxy) is 1. The van der Waals surface area contributed by atoms with Gasteiger partial charge < -0.3 is 20.7 Å². The number of amides is 2. The minimum Gasteiger partial charge on any atom is -0.378 e. The molecule has 1 aliphatic rings. The van der Waals surface area contributed by atoms with Crippen LogP contribution in [0.3, 0.4) is 0 Å². The van der Waals surface area contributed by atoms with Crippen LogP contribution < -0.4 is 16.0 Å². The van der Waals surface area contributed by atoms with Crippen LogP contribution in [0.4, 0.5) is 0 Å². The summed E-state index contributed by atoms with van der Waals surface area (Å²) in [5.74, 6) is -0.314. The van der Waals surface area contributed by atoms with Crippen LogP contribution >= 0.6 is 0 Å². The summed E-state index contributed by atoms with van der Waals surface area (Å²) < 4.78 is 5.25. The zero-order chi connectivity index (χ0) is 13.6. The molecule has 3 N–H and O–H groups in total. The second-order valence-corrected chi connectivity index (χ2v) is 5.50. The largest absolute Gasteiger partial charge is 0.378 e. The van der Waals surface area contributed by atoms with E-state index in [1.165, 1.54) is 0 Å². The highest BCUT2D eigenvalue weighted by Gasteiger charge is 2.18. The molecule has 0 saturated carbocycles. The number of hydrogen-bond acceptors (Lipinski definition) is 4. The van der Waals surface area contributed by atoms with Gasteiger partial charge in [-0.25, -0.2) is 0 Å². The summed E-state index contributed by atoms with van der Waals surface area (Å²) >= 11 is 0. The molecule has 1 rings (SSSR count). The molecule has 0 aromatic rings. The average molecular weight is 257 g/mol. The van der Waals surface area contributed by atoms with Crippen molar-refractivity contribution in [2.24, 2.45) is 0 Å². The Hall–Kier alpha value is -1.14. The minimum atomic E-state index is -0.277. The molecular formula is C12H23N3O3. The van der Waals surface area contributed by atoms with Crippen LogP contribution in [0, 0.1) is 0 Å². The predicted octanol–water partition coefficient (Wildman–Crippen LogP) is -0.604. The quantitative estimate of drug-likeness (QED) is 0.628. The second-order valence-electron chi connectivity index (χ2n) is 5.50. The van der Waals surface area contributed by atoms with Gasteiger partial charge in [0.2, 0.25) is 11.8 Å². The molecule has 0 aromatic heterocycles. The molecule has 6 nitrogen and oxygen atoms in total. The Morgan fingerprint density at radius 3 is 2.61 bits per heavy atom. The first-order valence-corrected chi connectivity index (χ1v) is 6.25. The van der Waals surface area contributed by atoms with Crippen molar-refractivity contribution in [2.75, 3.05) is 26.3 Å². The maximum absolute atomic E-state index is 11.6. The molecule has 1 aliphatic heterocycles. The highest BCUT2D eigenvalue weighted by Crippen LogP contribution is 1.99. The summed E-state index contributed by atoms with van der Waals surface area (Å²) in [6, 6.07) is 0.0458. The molecule has 104 valence electrons. The van der Waals surface area contributed by atoms with Gasteiger partial charge in [0.15, 0.2) is 0 Å². The van der Waals surface area contributed by atoms with Crippen LogP contribution in [-0.4, -0.2) is 49.7 Å².